The fourth-order valence-electron chi connectivity index (χ4n) is 0.942. The Morgan fingerprint density at radius 2 is 2.36 bits per heavy atom. The van der Waals surface area contributed by atoms with Gasteiger partial charge in [0.1, 0.15) is 0 Å². The van der Waals surface area contributed by atoms with Gasteiger partial charge in [0.15, 0.2) is 11.5 Å². The Kier molecular flexibility index (Phi) is 3.29. The van der Waals surface area contributed by atoms with E-state index >= 15 is 0 Å². The van der Waals surface area contributed by atoms with Crippen molar-refractivity contribution in [3.8, 4) is 11.5 Å². The lowest BCUT2D eigenvalue weighted by molar-refractivity contribution is -0.134. The highest BCUT2D eigenvalue weighted by Crippen LogP contribution is 2.27. The van der Waals surface area contributed by atoms with Gasteiger partial charge < -0.3 is 9.84 Å². The minimum absolute atomic E-state index is 0.0517. The number of rotatable bonds is 3. The molecule has 3 heteroatoms. The first-order valence-electron chi connectivity index (χ1n) is 4.33. The van der Waals surface area contributed by atoms with Crippen LogP contribution in [-0.4, -0.2) is 11.1 Å². The van der Waals surface area contributed by atoms with E-state index in [1.807, 2.05) is 0 Å². The Bertz CT molecular complexity index is 356. The summed E-state index contributed by atoms with van der Waals surface area (Å²) in [7, 11) is 0. The highest BCUT2D eigenvalue weighted by atomic mass is 16.5. The molecule has 3 nitrogen and oxygen atoms in total. The molecule has 0 aliphatic carbocycles. The van der Waals surface area contributed by atoms with Crippen LogP contribution < -0.4 is 4.74 Å². The van der Waals surface area contributed by atoms with E-state index in [-0.39, 0.29) is 23.9 Å². The first-order valence-corrected chi connectivity index (χ1v) is 4.33. The van der Waals surface area contributed by atoms with Gasteiger partial charge in [-0.15, -0.1) is 0 Å². The zero-order valence-corrected chi connectivity index (χ0v) is 7.99. The fourth-order valence-corrected chi connectivity index (χ4v) is 0.942. The number of aromatic hydroxyl groups is 1. The summed E-state index contributed by atoms with van der Waals surface area (Å²) in [6.07, 6.45) is 1.88. The third kappa shape index (κ3) is 2.36. The molecule has 0 aliphatic rings. The lowest BCUT2D eigenvalue weighted by Crippen LogP contribution is -2.05. The maximum atomic E-state index is 10.9. The molecule has 0 atom stereocenters. The number of phenolic OH excluding ortho intramolecular Hbond substituents is 1. The summed E-state index contributed by atoms with van der Waals surface area (Å²) in [5, 5.41) is 9.44. The van der Waals surface area contributed by atoms with Crippen LogP contribution in [0.4, 0.5) is 0 Å². The van der Waals surface area contributed by atoms with Crippen molar-refractivity contribution in [2.45, 2.75) is 13.3 Å². The van der Waals surface area contributed by atoms with Crippen LogP contribution in [0.15, 0.2) is 24.8 Å². The maximum absolute atomic E-state index is 10.9. The zero-order valence-electron chi connectivity index (χ0n) is 7.99. The normalized spacial score (nSPS) is 9.50. The molecular weight excluding hydrogens is 180 g/mol. The largest absolute Gasteiger partial charge is 0.504 e. The summed E-state index contributed by atoms with van der Waals surface area (Å²) in [4.78, 5) is 10.9. The minimum Gasteiger partial charge on any atom is -0.504 e. The van der Waals surface area contributed by atoms with E-state index in [0.29, 0.717) is 0 Å². The first-order chi connectivity index (χ1) is 6.67. The molecule has 0 aliphatic heterocycles. The van der Waals surface area contributed by atoms with E-state index in [2.05, 4.69) is 6.58 Å². The van der Waals surface area contributed by atoms with Gasteiger partial charge in [-0.2, -0.15) is 0 Å². The molecule has 0 aromatic heterocycles. The van der Waals surface area contributed by atoms with Gasteiger partial charge in [-0.1, -0.05) is 25.6 Å². The molecule has 0 unspecified atom stereocenters. The van der Waals surface area contributed by atoms with Gasteiger partial charge in [0.25, 0.3) is 0 Å². The number of carbonyl (C=O) groups is 1. The summed E-state index contributed by atoms with van der Waals surface area (Å²) in [6.45, 7) is 5.25. The standard InChI is InChI=1S/C11H12O3/c1-3-8-5-6-10(9(12)7-8)14-11(13)4-2/h3,5-7,12H,1,4H2,2H3. The molecule has 0 fully saturated rings. The predicted molar refractivity (Wildman–Crippen MR) is 54.1 cm³/mol. The van der Waals surface area contributed by atoms with E-state index in [4.69, 9.17) is 4.74 Å². The van der Waals surface area contributed by atoms with Crippen molar-refractivity contribution in [2.75, 3.05) is 0 Å². The molecule has 0 saturated carbocycles. The second kappa shape index (κ2) is 4.46. The number of hydrogen-bond donors (Lipinski definition) is 1. The van der Waals surface area contributed by atoms with Gasteiger partial charge in [0.2, 0.25) is 0 Å². The highest BCUT2D eigenvalue weighted by molar-refractivity contribution is 5.73. The third-order valence-corrected chi connectivity index (χ3v) is 1.73. The van der Waals surface area contributed by atoms with Gasteiger partial charge in [-0.25, -0.2) is 0 Å². The van der Waals surface area contributed by atoms with Crippen molar-refractivity contribution in [3.05, 3.63) is 30.3 Å². The maximum Gasteiger partial charge on any atom is 0.311 e. The van der Waals surface area contributed by atoms with E-state index in [9.17, 15) is 9.90 Å². The van der Waals surface area contributed by atoms with Crippen molar-refractivity contribution in [1.29, 1.82) is 0 Å². The number of carbonyl (C=O) groups excluding carboxylic acids is 1. The van der Waals surface area contributed by atoms with Gasteiger partial charge in [-0.05, 0) is 17.7 Å². The van der Waals surface area contributed by atoms with Crippen LogP contribution in [0, 0.1) is 0 Å². The monoisotopic (exact) mass is 192 g/mol. The molecule has 0 saturated heterocycles. The van der Waals surface area contributed by atoms with Crippen LogP contribution in [-0.2, 0) is 4.79 Å². The highest BCUT2D eigenvalue weighted by Gasteiger charge is 2.06. The van der Waals surface area contributed by atoms with Crippen LogP contribution in [0.3, 0.4) is 0 Å². The Morgan fingerprint density at radius 1 is 1.64 bits per heavy atom. The van der Waals surface area contributed by atoms with Crippen molar-refractivity contribution in [1.82, 2.24) is 0 Å². The molecular formula is C11H12O3. The number of hydrogen-bond acceptors (Lipinski definition) is 3. The molecule has 1 aromatic rings. The first kappa shape index (κ1) is 10.3. The summed E-state index contributed by atoms with van der Waals surface area (Å²) in [5.41, 5.74) is 0.777. The molecule has 1 N–H and O–H groups in total. The second-order valence-corrected chi connectivity index (χ2v) is 2.76. The number of ether oxygens (including phenoxy) is 1. The van der Waals surface area contributed by atoms with Crippen LogP contribution in [0.1, 0.15) is 18.9 Å². The molecule has 1 rings (SSSR count). The topological polar surface area (TPSA) is 46.5 Å². The number of benzene rings is 1. The quantitative estimate of drug-likeness (QED) is 0.590. The van der Waals surface area contributed by atoms with Crippen LogP contribution in [0.2, 0.25) is 0 Å². The summed E-state index contributed by atoms with van der Waals surface area (Å²) < 4.78 is 4.87. The van der Waals surface area contributed by atoms with Crippen LogP contribution in [0.5, 0.6) is 11.5 Å². The molecule has 14 heavy (non-hydrogen) atoms. The van der Waals surface area contributed by atoms with Gasteiger partial charge >= 0.3 is 5.97 Å². The molecule has 74 valence electrons. The van der Waals surface area contributed by atoms with Crippen LogP contribution in [0.25, 0.3) is 6.08 Å². The number of phenols is 1. The lowest BCUT2D eigenvalue weighted by atomic mass is 10.2. The van der Waals surface area contributed by atoms with Crippen molar-refractivity contribution in [2.24, 2.45) is 0 Å². The van der Waals surface area contributed by atoms with Gasteiger partial charge in [-0.3, -0.25) is 4.79 Å². The SMILES string of the molecule is C=Cc1ccc(OC(=O)CC)c(O)c1. The third-order valence-electron chi connectivity index (χ3n) is 1.73. The molecule has 1 aromatic carbocycles. The smallest absolute Gasteiger partial charge is 0.311 e. The van der Waals surface area contributed by atoms with E-state index in [1.54, 1.807) is 25.1 Å². The van der Waals surface area contributed by atoms with Crippen molar-refractivity contribution in [3.63, 3.8) is 0 Å². The average molecular weight is 192 g/mol. The summed E-state index contributed by atoms with van der Waals surface area (Å²) in [6, 6.07) is 4.75. The fraction of sp³-hybridized carbons (Fsp3) is 0.182. The predicted octanol–water partition coefficient (Wildman–Crippen LogP) is 2.35. The minimum atomic E-state index is -0.369. The lowest BCUT2D eigenvalue weighted by Gasteiger charge is -2.05. The molecule has 0 spiro atoms. The molecule has 0 bridgehead atoms. The van der Waals surface area contributed by atoms with Crippen molar-refractivity contribution >= 4 is 12.0 Å². The second-order valence-electron chi connectivity index (χ2n) is 2.76. The Labute approximate surface area is 82.6 Å². The van der Waals surface area contributed by atoms with Crippen molar-refractivity contribution < 1.29 is 14.6 Å². The summed E-state index contributed by atoms with van der Waals surface area (Å²) in [5.74, 6) is -0.238. The average Bonchev–Trinajstić information content (AvgIpc) is 2.20. The Balaban J connectivity index is 2.89. The van der Waals surface area contributed by atoms with Crippen LogP contribution >= 0.6 is 0 Å². The number of esters is 1. The Hall–Kier alpha value is -1.77. The van der Waals surface area contributed by atoms with E-state index in [0.717, 1.165) is 5.56 Å². The van der Waals surface area contributed by atoms with E-state index < -0.39 is 0 Å². The molecule has 0 heterocycles. The molecule has 0 amide bonds. The van der Waals surface area contributed by atoms with Gasteiger partial charge in [0.05, 0.1) is 0 Å². The Morgan fingerprint density at radius 3 is 2.86 bits per heavy atom. The zero-order chi connectivity index (χ0) is 10.6. The van der Waals surface area contributed by atoms with E-state index in [1.165, 1.54) is 6.07 Å². The van der Waals surface area contributed by atoms with Gasteiger partial charge in [0, 0.05) is 6.42 Å². The molecule has 0 radical (unpaired) electrons. The summed E-state index contributed by atoms with van der Waals surface area (Å²) >= 11 is 0.